The van der Waals surface area contributed by atoms with Gasteiger partial charge in [0.2, 0.25) is 17.2 Å². The summed E-state index contributed by atoms with van der Waals surface area (Å²) in [4.78, 5) is 12.1. The lowest BCUT2D eigenvalue weighted by Gasteiger charge is -2.15. The van der Waals surface area contributed by atoms with Crippen molar-refractivity contribution in [3.05, 3.63) is 5.28 Å². The maximum atomic E-state index is 9.69. The third-order valence-electron chi connectivity index (χ3n) is 2.38. The molecular weight excluding hydrogens is 254 g/mol. The Morgan fingerprint density at radius 2 is 1.78 bits per heavy atom. The van der Waals surface area contributed by atoms with E-state index in [4.69, 9.17) is 11.6 Å². The first kappa shape index (κ1) is 14.9. The number of aliphatic hydroxyl groups excluding tert-OH is 1. The molecule has 1 heterocycles. The maximum Gasteiger partial charge on any atom is 0.228 e. The fourth-order valence-corrected chi connectivity index (χ4v) is 1.34. The molecule has 1 aromatic rings. The van der Waals surface area contributed by atoms with Crippen LogP contribution >= 0.6 is 11.6 Å². The summed E-state index contributed by atoms with van der Waals surface area (Å²) in [6.45, 7) is 7.09. The largest absolute Gasteiger partial charge is 0.391 e. The van der Waals surface area contributed by atoms with Gasteiger partial charge in [0.05, 0.1) is 6.10 Å². The van der Waals surface area contributed by atoms with Crippen molar-refractivity contribution < 1.29 is 5.11 Å². The molecule has 1 unspecified atom stereocenters. The minimum Gasteiger partial charge on any atom is -0.391 e. The number of aliphatic hydroxyl groups is 1. The van der Waals surface area contributed by atoms with Crippen molar-refractivity contribution >= 4 is 23.5 Å². The molecule has 7 heteroatoms. The van der Waals surface area contributed by atoms with E-state index in [0.717, 1.165) is 13.0 Å². The number of nitrogens with one attached hydrogen (secondary N) is 2. The van der Waals surface area contributed by atoms with E-state index in [0.29, 0.717) is 18.4 Å². The Morgan fingerprint density at radius 3 is 2.33 bits per heavy atom. The van der Waals surface area contributed by atoms with E-state index < -0.39 is 6.10 Å². The molecule has 0 spiro atoms. The Labute approximate surface area is 112 Å². The first-order valence-corrected chi connectivity index (χ1v) is 6.48. The van der Waals surface area contributed by atoms with Crippen LogP contribution in [0.2, 0.25) is 5.28 Å². The molecule has 0 radical (unpaired) electrons. The number of hydrogen-bond acceptors (Lipinski definition) is 6. The van der Waals surface area contributed by atoms with Gasteiger partial charge >= 0.3 is 0 Å². The van der Waals surface area contributed by atoms with Crippen LogP contribution in [0, 0.1) is 5.92 Å². The van der Waals surface area contributed by atoms with Gasteiger partial charge in [0, 0.05) is 13.1 Å². The van der Waals surface area contributed by atoms with E-state index in [2.05, 4.69) is 25.6 Å². The van der Waals surface area contributed by atoms with Crippen molar-refractivity contribution in [3.8, 4) is 0 Å². The predicted octanol–water partition coefficient (Wildman–Crippen LogP) is 1.78. The number of halogens is 1. The molecule has 102 valence electrons. The van der Waals surface area contributed by atoms with Crippen LogP contribution in [-0.2, 0) is 0 Å². The summed E-state index contributed by atoms with van der Waals surface area (Å²) in [5, 5.41) is 15.8. The maximum absolute atomic E-state index is 9.69. The van der Waals surface area contributed by atoms with Gasteiger partial charge in [-0.05, 0) is 23.9 Å². The van der Waals surface area contributed by atoms with Gasteiger partial charge in [-0.1, -0.05) is 20.8 Å². The number of anilines is 2. The van der Waals surface area contributed by atoms with Gasteiger partial charge in [0.1, 0.15) is 0 Å². The van der Waals surface area contributed by atoms with E-state index in [1.165, 1.54) is 0 Å². The summed E-state index contributed by atoms with van der Waals surface area (Å²) in [5.74, 6) is 0.985. The van der Waals surface area contributed by atoms with Crippen molar-refractivity contribution in [2.45, 2.75) is 33.3 Å². The second kappa shape index (κ2) is 7.33. The van der Waals surface area contributed by atoms with Gasteiger partial charge in [0.15, 0.2) is 0 Å². The molecule has 0 aliphatic carbocycles. The van der Waals surface area contributed by atoms with Crippen LogP contribution in [-0.4, -0.2) is 39.3 Å². The highest BCUT2D eigenvalue weighted by Crippen LogP contribution is 2.10. The smallest absolute Gasteiger partial charge is 0.228 e. The molecule has 6 nitrogen and oxygen atoms in total. The minimum atomic E-state index is -0.451. The van der Waals surface area contributed by atoms with Crippen LogP contribution in [0.1, 0.15) is 27.2 Å². The Bertz CT molecular complexity index is 374. The lowest BCUT2D eigenvalue weighted by molar-refractivity contribution is 0.137. The average Bonchev–Trinajstić information content (AvgIpc) is 2.32. The first-order chi connectivity index (χ1) is 8.52. The molecule has 0 saturated carbocycles. The van der Waals surface area contributed by atoms with E-state index in [-0.39, 0.29) is 11.2 Å². The topological polar surface area (TPSA) is 83.0 Å². The molecule has 0 aliphatic heterocycles. The highest BCUT2D eigenvalue weighted by Gasteiger charge is 2.10. The third-order valence-corrected chi connectivity index (χ3v) is 2.55. The summed E-state index contributed by atoms with van der Waals surface area (Å²) < 4.78 is 0. The van der Waals surface area contributed by atoms with Crippen LogP contribution in [0.5, 0.6) is 0 Å². The SMILES string of the molecule is CCCNc1nc(Cl)nc(NCC(O)C(C)C)n1. The van der Waals surface area contributed by atoms with E-state index in [1.807, 2.05) is 20.8 Å². The molecule has 1 atom stereocenters. The molecule has 1 rings (SSSR count). The number of rotatable bonds is 7. The zero-order chi connectivity index (χ0) is 13.5. The quantitative estimate of drug-likeness (QED) is 0.702. The number of aromatic nitrogens is 3. The van der Waals surface area contributed by atoms with Gasteiger partial charge in [-0.25, -0.2) is 0 Å². The van der Waals surface area contributed by atoms with Crippen molar-refractivity contribution in [3.63, 3.8) is 0 Å². The Hall–Kier alpha value is -1.14. The molecule has 18 heavy (non-hydrogen) atoms. The van der Waals surface area contributed by atoms with E-state index >= 15 is 0 Å². The Morgan fingerprint density at radius 1 is 1.17 bits per heavy atom. The standard InChI is InChI=1S/C11H20ClN5O/c1-4-5-13-10-15-9(12)16-11(17-10)14-6-8(18)7(2)3/h7-8,18H,4-6H2,1-3H3,(H2,13,14,15,16,17). The second-order valence-electron chi connectivity index (χ2n) is 4.37. The number of hydrogen-bond donors (Lipinski definition) is 3. The fraction of sp³-hybridized carbons (Fsp3) is 0.727. The fourth-order valence-electron chi connectivity index (χ4n) is 1.18. The highest BCUT2D eigenvalue weighted by atomic mass is 35.5. The molecular formula is C11H20ClN5O. The highest BCUT2D eigenvalue weighted by molar-refractivity contribution is 6.28. The summed E-state index contributed by atoms with van der Waals surface area (Å²) in [6, 6.07) is 0. The van der Waals surface area contributed by atoms with Gasteiger partial charge in [-0.2, -0.15) is 15.0 Å². The van der Waals surface area contributed by atoms with Gasteiger partial charge in [0.25, 0.3) is 0 Å². The monoisotopic (exact) mass is 273 g/mol. The van der Waals surface area contributed by atoms with Gasteiger partial charge in [-0.15, -0.1) is 0 Å². The molecule has 1 aromatic heterocycles. The summed E-state index contributed by atoms with van der Waals surface area (Å²) >= 11 is 5.80. The van der Waals surface area contributed by atoms with Crippen molar-refractivity contribution in [1.82, 2.24) is 15.0 Å². The van der Waals surface area contributed by atoms with Crippen LogP contribution in [0.25, 0.3) is 0 Å². The van der Waals surface area contributed by atoms with Crippen molar-refractivity contribution in [2.75, 3.05) is 23.7 Å². The molecule has 3 N–H and O–H groups in total. The van der Waals surface area contributed by atoms with E-state index in [1.54, 1.807) is 0 Å². The molecule has 0 saturated heterocycles. The summed E-state index contributed by atoms with van der Waals surface area (Å²) in [7, 11) is 0. The molecule has 0 amide bonds. The van der Waals surface area contributed by atoms with E-state index in [9.17, 15) is 5.11 Å². The molecule has 0 bridgehead atoms. The minimum absolute atomic E-state index is 0.130. The number of nitrogens with zero attached hydrogens (tertiary/aromatic N) is 3. The van der Waals surface area contributed by atoms with Crippen LogP contribution in [0.15, 0.2) is 0 Å². The lowest BCUT2D eigenvalue weighted by atomic mass is 10.1. The zero-order valence-electron chi connectivity index (χ0n) is 10.9. The predicted molar refractivity (Wildman–Crippen MR) is 73.0 cm³/mol. The second-order valence-corrected chi connectivity index (χ2v) is 4.71. The van der Waals surface area contributed by atoms with Gasteiger partial charge in [-0.3, -0.25) is 0 Å². The molecule has 0 aliphatic rings. The van der Waals surface area contributed by atoms with Crippen LogP contribution < -0.4 is 10.6 Å². The van der Waals surface area contributed by atoms with Crippen molar-refractivity contribution in [2.24, 2.45) is 5.92 Å². The summed E-state index contributed by atoms with van der Waals surface area (Å²) in [5.41, 5.74) is 0. The third kappa shape index (κ3) is 5.01. The Kier molecular flexibility index (Phi) is 6.07. The van der Waals surface area contributed by atoms with Crippen molar-refractivity contribution in [1.29, 1.82) is 0 Å². The Balaban J connectivity index is 2.62. The first-order valence-electron chi connectivity index (χ1n) is 6.10. The lowest BCUT2D eigenvalue weighted by Crippen LogP contribution is -2.25. The normalized spacial score (nSPS) is 12.6. The molecule has 0 aromatic carbocycles. The zero-order valence-corrected chi connectivity index (χ0v) is 11.7. The molecule has 0 fully saturated rings. The average molecular weight is 274 g/mol. The van der Waals surface area contributed by atoms with Crippen LogP contribution in [0.4, 0.5) is 11.9 Å². The summed E-state index contributed by atoms with van der Waals surface area (Å²) in [6.07, 6.45) is 0.519. The van der Waals surface area contributed by atoms with Gasteiger partial charge < -0.3 is 15.7 Å². The van der Waals surface area contributed by atoms with Crippen LogP contribution in [0.3, 0.4) is 0 Å².